The van der Waals surface area contributed by atoms with Gasteiger partial charge in [0.1, 0.15) is 0 Å². The first-order valence-corrected chi connectivity index (χ1v) is 7.58. The number of halogens is 1. The predicted octanol–water partition coefficient (Wildman–Crippen LogP) is 2.70. The molecule has 1 aliphatic heterocycles. The van der Waals surface area contributed by atoms with E-state index < -0.39 is 5.97 Å². The number of amides is 1. The molecular formula is C15H18BrNO3. The molecule has 20 heavy (non-hydrogen) atoms. The van der Waals surface area contributed by atoms with Crippen LogP contribution in [0.15, 0.2) is 28.7 Å². The summed E-state index contributed by atoms with van der Waals surface area (Å²) in [6.45, 7) is 1.34. The molecule has 0 atom stereocenters. The van der Waals surface area contributed by atoms with Crippen molar-refractivity contribution in [3.05, 3.63) is 34.3 Å². The minimum Gasteiger partial charge on any atom is -0.481 e. The maximum Gasteiger partial charge on any atom is 0.303 e. The van der Waals surface area contributed by atoms with Crippen LogP contribution in [0.2, 0.25) is 0 Å². The van der Waals surface area contributed by atoms with Crippen LogP contribution >= 0.6 is 15.9 Å². The minimum atomic E-state index is -0.746. The summed E-state index contributed by atoms with van der Waals surface area (Å²) in [5.74, 6) is -0.414. The highest BCUT2D eigenvalue weighted by Crippen LogP contribution is 2.21. The molecule has 0 bridgehead atoms. The Hall–Kier alpha value is -1.36. The molecule has 0 aliphatic carbocycles. The summed E-state index contributed by atoms with van der Waals surface area (Å²) >= 11 is 3.40. The van der Waals surface area contributed by atoms with Crippen molar-refractivity contribution >= 4 is 27.8 Å². The normalized spacial score (nSPS) is 16.1. The summed E-state index contributed by atoms with van der Waals surface area (Å²) in [6.07, 6.45) is 2.20. The molecule has 1 N–H and O–H groups in total. The first-order valence-electron chi connectivity index (χ1n) is 6.78. The Kier molecular flexibility index (Phi) is 5.17. The van der Waals surface area contributed by atoms with E-state index in [1.54, 1.807) is 0 Å². The zero-order chi connectivity index (χ0) is 14.5. The largest absolute Gasteiger partial charge is 0.481 e. The predicted molar refractivity (Wildman–Crippen MR) is 79.4 cm³/mol. The number of benzene rings is 1. The fourth-order valence-corrected chi connectivity index (χ4v) is 3.01. The second-order valence-corrected chi connectivity index (χ2v) is 6.14. The molecular weight excluding hydrogens is 322 g/mol. The van der Waals surface area contributed by atoms with Gasteiger partial charge in [-0.3, -0.25) is 9.59 Å². The summed E-state index contributed by atoms with van der Waals surface area (Å²) in [7, 11) is 0. The highest BCUT2D eigenvalue weighted by Gasteiger charge is 2.24. The Morgan fingerprint density at radius 1 is 1.30 bits per heavy atom. The molecule has 1 aliphatic rings. The number of hydrogen-bond acceptors (Lipinski definition) is 2. The topological polar surface area (TPSA) is 57.6 Å². The second-order valence-electron chi connectivity index (χ2n) is 5.23. The number of likely N-dealkylation sites (tertiary alicyclic amines) is 1. The molecule has 108 valence electrons. The monoisotopic (exact) mass is 339 g/mol. The quantitative estimate of drug-likeness (QED) is 0.917. The van der Waals surface area contributed by atoms with Gasteiger partial charge in [-0.25, -0.2) is 0 Å². The van der Waals surface area contributed by atoms with E-state index in [1.165, 1.54) is 0 Å². The third-order valence-corrected chi connectivity index (χ3v) is 4.17. The van der Waals surface area contributed by atoms with Gasteiger partial charge in [0, 0.05) is 24.0 Å². The number of carbonyl (C=O) groups excluding carboxylic acids is 1. The van der Waals surface area contributed by atoms with Crippen LogP contribution in [-0.4, -0.2) is 35.0 Å². The molecule has 0 saturated carbocycles. The fourth-order valence-electron chi connectivity index (χ4n) is 2.57. The van der Waals surface area contributed by atoms with E-state index >= 15 is 0 Å². The third kappa shape index (κ3) is 4.34. The van der Waals surface area contributed by atoms with Gasteiger partial charge in [0.25, 0.3) is 0 Å². The van der Waals surface area contributed by atoms with Crippen LogP contribution in [0.5, 0.6) is 0 Å². The smallest absolute Gasteiger partial charge is 0.303 e. The van der Waals surface area contributed by atoms with Crippen LogP contribution in [0.4, 0.5) is 0 Å². The molecule has 1 amide bonds. The Morgan fingerprint density at radius 2 is 2.00 bits per heavy atom. The van der Waals surface area contributed by atoms with E-state index in [2.05, 4.69) is 15.9 Å². The van der Waals surface area contributed by atoms with Gasteiger partial charge in [-0.2, -0.15) is 0 Å². The van der Waals surface area contributed by atoms with E-state index in [-0.39, 0.29) is 18.2 Å². The van der Waals surface area contributed by atoms with Crippen molar-refractivity contribution in [2.75, 3.05) is 13.1 Å². The van der Waals surface area contributed by atoms with Crippen molar-refractivity contribution in [1.29, 1.82) is 0 Å². The molecule has 1 aromatic rings. The lowest BCUT2D eigenvalue weighted by Gasteiger charge is -2.31. The molecule has 1 aromatic carbocycles. The number of carboxylic acid groups (broad SMARTS) is 1. The van der Waals surface area contributed by atoms with Gasteiger partial charge in [-0.1, -0.05) is 28.1 Å². The van der Waals surface area contributed by atoms with E-state index in [4.69, 9.17) is 5.11 Å². The maximum atomic E-state index is 12.2. The average Bonchev–Trinajstić information content (AvgIpc) is 2.38. The van der Waals surface area contributed by atoms with Crippen LogP contribution in [-0.2, 0) is 16.0 Å². The number of nitrogens with zero attached hydrogens (tertiary/aromatic N) is 1. The Morgan fingerprint density at radius 3 is 2.60 bits per heavy atom. The first-order chi connectivity index (χ1) is 9.54. The standard InChI is InChI=1S/C15H18BrNO3/c16-13-3-1-2-12(8-13)9-14(18)17-6-4-11(5-7-17)10-15(19)20/h1-3,8,11H,4-7,9-10H2,(H,19,20). The lowest BCUT2D eigenvalue weighted by molar-refractivity contribution is -0.138. The van der Waals surface area contributed by atoms with E-state index in [0.29, 0.717) is 19.5 Å². The summed E-state index contributed by atoms with van der Waals surface area (Å²) in [4.78, 5) is 24.7. The van der Waals surface area contributed by atoms with E-state index in [1.807, 2.05) is 29.2 Å². The molecule has 1 heterocycles. The van der Waals surface area contributed by atoms with Crippen LogP contribution < -0.4 is 0 Å². The Balaban J connectivity index is 1.84. The van der Waals surface area contributed by atoms with Crippen molar-refractivity contribution in [3.63, 3.8) is 0 Å². The number of carbonyl (C=O) groups is 2. The summed E-state index contributed by atoms with van der Waals surface area (Å²) < 4.78 is 0.975. The van der Waals surface area contributed by atoms with E-state index in [0.717, 1.165) is 22.9 Å². The van der Waals surface area contributed by atoms with Gasteiger partial charge in [0.05, 0.1) is 6.42 Å². The van der Waals surface area contributed by atoms with Gasteiger partial charge >= 0.3 is 5.97 Å². The Bertz CT molecular complexity index is 496. The molecule has 4 nitrogen and oxygen atoms in total. The zero-order valence-corrected chi connectivity index (χ0v) is 12.8. The van der Waals surface area contributed by atoms with Gasteiger partial charge in [0.15, 0.2) is 0 Å². The van der Waals surface area contributed by atoms with Crippen molar-refractivity contribution in [2.24, 2.45) is 5.92 Å². The number of hydrogen-bond donors (Lipinski definition) is 1. The molecule has 0 aromatic heterocycles. The zero-order valence-electron chi connectivity index (χ0n) is 11.2. The van der Waals surface area contributed by atoms with Crippen LogP contribution in [0.1, 0.15) is 24.8 Å². The lowest BCUT2D eigenvalue weighted by atomic mass is 9.93. The first kappa shape index (κ1) is 15.0. The summed E-state index contributed by atoms with van der Waals surface area (Å²) in [5.41, 5.74) is 0.997. The van der Waals surface area contributed by atoms with Gasteiger partial charge < -0.3 is 10.0 Å². The number of piperidine rings is 1. The number of aliphatic carboxylic acids is 1. The van der Waals surface area contributed by atoms with Gasteiger partial charge in [-0.05, 0) is 36.5 Å². The second kappa shape index (κ2) is 6.88. The summed E-state index contributed by atoms with van der Waals surface area (Å²) in [6, 6.07) is 7.76. The molecule has 1 saturated heterocycles. The van der Waals surface area contributed by atoms with Crippen molar-refractivity contribution in [3.8, 4) is 0 Å². The van der Waals surface area contributed by atoms with Crippen molar-refractivity contribution in [1.82, 2.24) is 4.90 Å². The lowest BCUT2D eigenvalue weighted by Crippen LogP contribution is -2.39. The van der Waals surface area contributed by atoms with Crippen LogP contribution in [0.25, 0.3) is 0 Å². The molecule has 0 spiro atoms. The minimum absolute atomic E-state index is 0.122. The van der Waals surface area contributed by atoms with Crippen molar-refractivity contribution in [2.45, 2.75) is 25.7 Å². The number of rotatable bonds is 4. The van der Waals surface area contributed by atoms with Crippen LogP contribution in [0.3, 0.4) is 0 Å². The average molecular weight is 340 g/mol. The molecule has 0 unspecified atom stereocenters. The SMILES string of the molecule is O=C(O)CC1CCN(C(=O)Cc2cccc(Br)c2)CC1. The molecule has 2 rings (SSSR count). The Labute approximate surface area is 126 Å². The molecule has 5 heteroatoms. The molecule has 0 radical (unpaired) electrons. The summed E-state index contributed by atoms with van der Waals surface area (Å²) in [5, 5.41) is 8.78. The highest BCUT2D eigenvalue weighted by atomic mass is 79.9. The van der Waals surface area contributed by atoms with Gasteiger partial charge in [0.2, 0.25) is 5.91 Å². The van der Waals surface area contributed by atoms with E-state index in [9.17, 15) is 9.59 Å². The highest BCUT2D eigenvalue weighted by molar-refractivity contribution is 9.10. The number of carboxylic acids is 1. The van der Waals surface area contributed by atoms with Crippen LogP contribution in [0, 0.1) is 5.92 Å². The maximum absolute atomic E-state index is 12.2. The van der Waals surface area contributed by atoms with Gasteiger partial charge in [-0.15, -0.1) is 0 Å². The molecule has 1 fully saturated rings. The van der Waals surface area contributed by atoms with Crippen molar-refractivity contribution < 1.29 is 14.7 Å². The fraction of sp³-hybridized carbons (Fsp3) is 0.467. The third-order valence-electron chi connectivity index (χ3n) is 3.67.